The Kier molecular flexibility index (Phi) is 6.65. The van der Waals surface area contributed by atoms with Gasteiger partial charge < -0.3 is 13.9 Å². The van der Waals surface area contributed by atoms with Crippen molar-refractivity contribution >= 4 is 22.8 Å². The molecule has 1 amide bonds. The molecule has 0 bridgehead atoms. The standard InChI is InChI=1S/C29H29N3O5/c1-5-7-13-36-21-10-9-19(16-23(21)35-6-2)25-24-26(33)20-14-17(3)18(4)15-22(20)37-27(24)28(34)32(25)29-30-11-8-12-31-29/h8-12,14-16,25H,5-7,13H2,1-4H3. The lowest BCUT2D eigenvalue weighted by Crippen LogP contribution is -2.31. The van der Waals surface area contributed by atoms with E-state index >= 15 is 0 Å². The van der Waals surface area contributed by atoms with Gasteiger partial charge in [-0.25, -0.2) is 9.97 Å². The lowest BCUT2D eigenvalue weighted by Gasteiger charge is -2.24. The molecule has 190 valence electrons. The Labute approximate surface area is 214 Å². The highest BCUT2D eigenvalue weighted by molar-refractivity contribution is 6.09. The van der Waals surface area contributed by atoms with E-state index in [1.165, 1.54) is 4.90 Å². The van der Waals surface area contributed by atoms with Gasteiger partial charge in [0.1, 0.15) is 5.58 Å². The van der Waals surface area contributed by atoms with Gasteiger partial charge in [0.25, 0.3) is 5.91 Å². The highest BCUT2D eigenvalue weighted by Gasteiger charge is 2.45. The minimum Gasteiger partial charge on any atom is -0.490 e. The van der Waals surface area contributed by atoms with Crippen LogP contribution in [0.2, 0.25) is 0 Å². The smallest absolute Gasteiger partial charge is 0.297 e. The summed E-state index contributed by atoms with van der Waals surface area (Å²) in [5.74, 6) is 0.871. The molecule has 1 aliphatic rings. The second kappa shape index (κ2) is 10.0. The van der Waals surface area contributed by atoms with E-state index in [-0.39, 0.29) is 22.7 Å². The molecule has 8 nitrogen and oxygen atoms in total. The molecule has 0 saturated carbocycles. The Balaban J connectivity index is 1.72. The number of aromatic nitrogens is 2. The topological polar surface area (TPSA) is 94.8 Å². The molecule has 0 N–H and O–H groups in total. The van der Waals surface area contributed by atoms with Crippen LogP contribution < -0.4 is 19.8 Å². The molecule has 1 unspecified atom stereocenters. The number of aryl methyl sites for hydroxylation is 2. The summed E-state index contributed by atoms with van der Waals surface area (Å²) in [6, 6.07) is 9.97. The lowest BCUT2D eigenvalue weighted by molar-refractivity contribution is 0.0969. The molecule has 3 heterocycles. The van der Waals surface area contributed by atoms with E-state index < -0.39 is 11.9 Å². The van der Waals surface area contributed by atoms with Crippen molar-refractivity contribution in [2.45, 2.75) is 46.6 Å². The molecule has 0 saturated heterocycles. The van der Waals surface area contributed by atoms with Crippen molar-refractivity contribution in [1.29, 1.82) is 0 Å². The van der Waals surface area contributed by atoms with Crippen LogP contribution in [0.25, 0.3) is 11.0 Å². The van der Waals surface area contributed by atoms with Crippen LogP contribution in [0.15, 0.2) is 58.0 Å². The molecule has 1 aliphatic heterocycles. The molecule has 0 aliphatic carbocycles. The van der Waals surface area contributed by atoms with Crippen LogP contribution in [-0.2, 0) is 0 Å². The predicted octanol–water partition coefficient (Wildman–Crippen LogP) is 5.53. The number of anilines is 1. The molecule has 1 atom stereocenters. The van der Waals surface area contributed by atoms with Crippen molar-refractivity contribution in [3.63, 3.8) is 0 Å². The molecule has 5 rings (SSSR count). The molecule has 4 aromatic rings. The summed E-state index contributed by atoms with van der Waals surface area (Å²) in [4.78, 5) is 37.7. The van der Waals surface area contributed by atoms with Gasteiger partial charge in [0, 0.05) is 12.4 Å². The first-order valence-corrected chi connectivity index (χ1v) is 12.5. The van der Waals surface area contributed by atoms with E-state index in [2.05, 4.69) is 16.9 Å². The Morgan fingerprint density at radius 2 is 1.73 bits per heavy atom. The maximum atomic E-state index is 13.9. The SMILES string of the molecule is CCCCOc1ccc(C2c3c(oc4cc(C)c(C)cc4c3=O)C(=O)N2c2ncccn2)cc1OCC. The average Bonchev–Trinajstić information content (AvgIpc) is 3.19. The number of hydrogen-bond acceptors (Lipinski definition) is 7. The number of carbonyl (C=O) groups excluding carboxylic acids is 1. The zero-order valence-corrected chi connectivity index (χ0v) is 21.4. The lowest BCUT2D eigenvalue weighted by atomic mass is 9.97. The minimum absolute atomic E-state index is 0.000520. The van der Waals surface area contributed by atoms with E-state index in [4.69, 9.17) is 13.9 Å². The molecular formula is C29H29N3O5. The maximum absolute atomic E-state index is 13.9. The summed E-state index contributed by atoms with van der Waals surface area (Å²) >= 11 is 0. The number of hydrogen-bond donors (Lipinski definition) is 0. The van der Waals surface area contributed by atoms with E-state index in [9.17, 15) is 9.59 Å². The van der Waals surface area contributed by atoms with Crippen molar-refractivity contribution < 1.29 is 18.7 Å². The number of unbranched alkanes of at least 4 members (excludes halogenated alkanes) is 1. The Morgan fingerprint density at radius 3 is 2.46 bits per heavy atom. The van der Waals surface area contributed by atoms with Crippen molar-refractivity contribution in [1.82, 2.24) is 9.97 Å². The van der Waals surface area contributed by atoms with Gasteiger partial charge in [0.2, 0.25) is 11.7 Å². The summed E-state index contributed by atoms with van der Waals surface area (Å²) < 4.78 is 17.9. The van der Waals surface area contributed by atoms with Gasteiger partial charge in [-0.15, -0.1) is 0 Å². The van der Waals surface area contributed by atoms with E-state index in [1.54, 1.807) is 24.5 Å². The Bertz CT molecular complexity index is 1530. The van der Waals surface area contributed by atoms with Crippen molar-refractivity contribution in [3.8, 4) is 11.5 Å². The zero-order chi connectivity index (χ0) is 26.1. The highest BCUT2D eigenvalue weighted by atomic mass is 16.5. The van der Waals surface area contributed by atoms with Crippen LogP contribution in [-0.4, -0.2) is 29.1 Å². The molecule has 8 heteroatoms. The molecule has 2 aromatic heterocycles. The van der Waals surface area contributed by atoms with Gasteiger partial charge in [-0.3, -0.25) is 14.5 Å². The van der Waals surface area contributed by atoms with Gasteiger partial charge in [-0.1, -0.05) is 19.4 Å². The average molecular weight is 500 g/mol. The molecule has 0 radical (unpaired) electrons. The van der Waals surface area contributed by atoms with Crippen molar-refractivity contribution in [2.24, 2.45) is 0 Å². The van der Waals surface area contributed by atoms with Crippen molar-refractivity contribution in [3.05, 3.63) is 87.0 Å². The summed E-state index contributed by atoms with van der Waals surface area (Å²) in [6.07, 6.45) is 5.05. The molecular weight excluding hydrogens is 470 g/mol. The van der Waals surface area contributed by atoms with Crippen LogP contribution in [0.3, 0.4) is 0 Å². The van der Waals surface area contributed by atoms with Crippen LogP contribution in [0.1, 0.15) is 65.5 Å². The maximum Gasteiger partial charge on any atom is 0.297 e. The molecule has 2 aromatic carbocycles. The van der Waals surface area contributed by atoms with Gasteiger partial charge in [0.15, 0.2) is 16.9 Å². The van der Waals surface area contributed by atoms with E-state index in [0.717, 1.165) is 24.0 Å². The van der Waals surface area contributed by atoms with E-state index in [1.807, 2.05) is 45.0 Å². The summed E-state index contributed by atoms with van der Waals surface area (Å²) in [5, 5.41) is 0.431. The number of fused-ring (bicyclic) bond motifs is 2. The second-order valence-corrected chi connectivity index (χ2v) is 9.07. The largest absolute Gasteiger partial charge is 0.490 e. The predicted molar refractivity (Wildman–Crippen MR) is 141 cm³/mol. The summed E-state index contributed by atoms with van der Waals surface area (Å²) in [6.45, 7) is 8.88. The number of nitrogens with zero attached hydrogens (tertiary/aromatic N) is 3. The van der Waals surface area contributed by atoms with Gasteiger partial charge in [0.05, 0.1) is 30.2 Å². The first-order chi connectivity index (χ1) is 17.9. The van der Waals surface area contributed by atoms with Crippen LogP contribution in [0, 0.1) is 13.8 Å². The van der Waals surface area contributed by atoms with Crippen molar-refractivity contribution in [2.75, 3.05) is 18.1 Å². The number of ether oxygens (including phenoxy) is 2. The molecule has 0 spiro atoms. The fourth-order valence-corrected chi connectivity index (χ4v) is 4.57. The first kappa shape index (κ1) is 24.5. The fraction of sp³-hybridized carbons (Fsp3) is 0.310. The fourth-order valence-electron chi connectivity index (χ4n) is 4.57. The van der Waals surface area contributed by atoms with Crippen LogP contribution in [0.4, 0.5) is 5.95 Å². The number of rotatable bonds is 8. The number of carbonyl (C=O) groups is 1. The Morgan fingerprint density at radius 1 is 0.973 bits per heavy atom. The van der Waals surface area contributed by atoms with Gasteiger partial charge in [-0.05, 0) is 74.2 Å². The number of amides is 1. The van der Waals surface area contributed by atoms with Gasteiger partial charge >= 0.3 is 0 Å². The molecule has 0 fully saturated rings. The number of benzene rings is 2. The third kappa shape index (κ3) is 4.33. The highest BCUT2D eigenvalue weighted by Crippen LogP contribution is 2.42. The first-order valence-electron chi connectivity index (χ1n) is 12.5. The van der Waals surface area contributed by atoms with Crippen LogP contribution in [0.5, 0.6) is 11.5 Å². The third-order valence-electron chi connectivity index (χ3n) is 6.59. The van der Waals surface area contributed by atoms with Gasteiger partial charge in [-0.2, -0.15) is 0 Å². The van der Waals surface area contributed by atoms with Crippen LogP contribution >= 0.6 is 0 Å². The summed E-state index contributed by atoms with van der Waals surface area (Å²) in [5.41, 5.74) is 3.00. The third-order valence-corrected chi connectivity index (χ3v) is 6.59. The quantitative estimate of drug-likeness (QED) is 0.294. The molecule has 37 heavy (non-hydrogen) atoms. The second-order valence-electron chi connectivity index (χ2n) is 9.07. The Hall–Kier alpha value is -4.20. The summed E-state index contributed by atoms with van der Waals surface area (Å²) in [7, 11) is 0. The minimum atomic E-state index is -0.795. The monoisotopic (exact) mass is 499 g/mol. The zero-order valence-electron chi connectivity index (χ0n) is 21.4. The van der Waals surface area contributed by atoms with E-state index in [0.29, 0.717) is 41.2 Å². The normalized spacial score (nSPS) is 14.8.